The van der Waals surface area contributed by atoms with Crippen LogP contribution in [0.15, 0.2) is 16.6 Å². The first-order valence-electron chi connectivity index (χ1n) is 2.76. The number of phenols is 1. The summed E-state index contributed by atoms with van der Waals surface area (Å²) in [4.78, 5) is 0. The summed E-state index contributed by atoms with van der Waals surface area (Å²) in [6.45, 7) is 0. The Balaban J connectivity index is 3.31. The molecule has 0 unspecified atom stereocenters. The van der Waals surface area contributed by atoms with E-state index in [1.165, 1.54) is 12.1 Å². The van der Waals surface area contributed by atoms with Crippen LogP contribution in [0.4, 0.5) is 4.39 Å². The molecule has 0 amide bonds. The fourth-order valence-corrected chi connectivity index (χ4v) is 1.23. The molecule has 0 fully saturated rings. The van der Waals surface area contributed by atoms with Gasteiger partial charge in [0.2, 0.25) is 0 Å². The summed E-state index contributed by atoms with van der Waals surface area (Å²) in [7, 11) is 1.64. The number of aromatic hydroxyl groups is 1. The summed E-state index contributed by atoms with van der Waals surface area (Å²) in [6, 6.07) is 2.50. The van der Waals surface area contributed by atoms with Crippen LogP contribution in [0.2, 0.25) is 0 Å². The van der Waals surface area contributed by atoms with Crippen molar-refractivity contribution in [2.75, 3.05) is 0 Å². The summed E-state index contributed by atoms with van der Waals surface area (Å²) in [5.41, 5.74) is 0.534. The molecule has 0 aliphatic heterocycles. The van der Waals surface area contributed by atoms with Crippen molar-refractivity contribution >= 4 is 29.2 Å². The lowest BCUT2D eigenvalue weighted by Gasteiger charge is -2.00. The van der Waals surface area contributed by atoms with Gasteiger partial charge < -0.3 is 5.11 Å². The zero-order chi connectivity index (χ0) is 7.72. The number of hydrogen-bond acceptors (Lipinski definition) is 1. The van der Waals surface area contributed by atoms with E-state index in [1.54, 1.807) is 7.85 Å². The molecule has 1 aromatic carbocycles. The number of hydrogen-bond donors (Lipinski definition) is 1. The van der Waals surface area contributed by atoms with E-state index in [4.69, 9.17) is 5.11 Å². The lowest BCUT2D eigenvalue weighted by molar-refractivity contribution is 0.474. The predicted octanol–water partition coefficient (Wildman–Crippen LogP) is 0.552. The molecule has 52 valence electrons. The minimum absolute atomic E-state index is 0.0985. The van der Waals surface area contributed by atoms with E-state index in [2.05, 4.69) is 15.9 Å². The lowest BCUT2D eigenvalue weighted by atomic mass is 9.95. The Morgan fingerprint density at radius 1 is 1.50 bits per heavy atom. The average Bonchev–Trinajstić information content (AvgIpc) is 1.82. The second kappa shape index (κ2) is 2.62. The molecule has 1 N–H and O–H groups in total. The van der Waals surface area contributed by atoms with Gasteiger partial charge in [-0.2, -0.15) is 0 Å². The maximum Gasteiger partial charge on any atom is 0.144 e. The highest BCUT2D eigenvalue weighted by Gasteiger charge is 2.02. The first-order chi connectivity index (χ1) is 4.61. The molecule has 1 rings (SSSR count). The third kappa shape index (κ3) is 1.32. The fourth-order valence-electron chi connectivity index (χ4n) is 0.695. The van der Waals surface area contributed by atoms with Gasteiger partial charge in [0, 0.05) is 0 Å². The maximum atomic E-state index is 12.5. The normalized spacial score (nSPS) is 9.80. The van der Waals surface area contributed by atoms with Crippen molar-refractivity contribution in [3.8, 4) is 5.75 Å². The Labute approximate surface area is 67.4 Å². The summed E-state index contributed by atoms with van der Waals surface area (Å²) in [6.07, 6.45) is 0. The Morgan fingerprint density at radius 2 is 2.10 bits per heavy atom. The van der Waals surface area contributed by atoms with E-state index >= 15 is 0 Å². The molecule has 0 atom stereocenters. The third-order valence-corrected chi connectivity index (χ3v) is 1.82. The molecule has 1 aromatic rings. The van der Waals surface area contributed by atoms with Crippen molar-refractivity contribution in [3.05, 3.63) is 22.4 Å². The van der Waals surface area contributed by atoms with Gasteiger partial charge in [-0.25, -0.2) is 4.39 Å². The van der Waals surface area contributed by atoms with Crippen LogP contribution in [-0.2, 0) is 0 Å². The van der Waals surface area contributed by atoms with Gasteiger partial charge >= 0.3 is 0 Å². The predicted molar refractivity (Wildman–Crippen MR) is 43.9 cm³/mol. The smallest absolute Gasteiger partial charge is 0.144 e. The SMILES string of the molecule is Bc1cc(F)cc(Br)c1O. The van der Waals surface area contributed by atoms with Crippen LogP contribution in [0.3, 0.4) is 0 Å². The Hall–Kier alpha value is -0.505. The standard InChI is InChI=1S/C6H5BBrFO/c7-4-1-3(9)2-5(8)6(4)10/h1-2,10H,7H2. The first kappa shape index (κ1) is 7.60. The van der Waals surface area contributed by atoms with Gasteiger partial charge in [-0.3, -0.25) is 0 Å². The average molecular weight is 203 g/mol. The monoisotopic (exact) mass is 202 g/mol. The molecule has 1 nitrogen and oxygen atoms in total. The van der Waals surface area contributed by atoms with Crippen molar-refractivity contribution in [1.29, 1.82) is 0 Å². The van der Waals surface area contributed by atoms with E-state index in [0.29, 0.717) is 9.94 Å². The van der Waals surface area contributed by atoms with Gasteiger partial charge in [0.15, 0.2) is 0 Å². The van der Waals surface area contributed by atoms with Crippen LogP contribution in [0.1, 0.15) is 0 Å². The second-order valence-electron chi connectivity index (χ2n) is 2.05. The molecule has 0 spiro atoms. The third-order valence-electron chi connectivity index (χ3n) is 1.22. The van der Waals surface area contributed by atoms with Crippen LogP contribution in [0.25, 0.3) is 0 Å². The quantitative estimate of drug-likeness (QED) is 0.610. The zero-order valence-electron chi connectivity index (χ0n) is 5.36. The first-order valence-corrected chi connectivity index (χ1v) is 3.55. The summed E-state index contributed by atoms with van der Waals surface area (Å²) >= 11 is 3.01. The zero-order valence-corrected chi connectivity index (χ0v) is 6.94. The van der Waals surface area contributed by atoms with E-state index in [-0.39, 0.29) is 11.6 Å². The highest BCUT2D eigenvalue weighted by Crippen LogP contribution is 2.20. The van der Waals surface area contributed by atoms with E-state index in [1.807, 2.05) is 0 Å². The number of halogens is 2. The topological polar surface area (TPSA) is 20.2 Å². The van der Waals surface area contributed by atoms with Gasteiger partial charge in [0.1, 0.15) is 19.4 Å². The van der Waals surface area contributed by atoms with E-state index in [0.717, 1.165) is 0 Å². The molecule has 10 heavy (non-hydrogen) atoms. The molecule has 0 aliphatic carbocycles. The van der Waals surface area contributed by atoms with Gasteiger partial charge in [-0.15, -0.1) is 0 Å². The number of phenolic OH excluding ortho intramolecular Hbond substituents is 1. The minimum Gasteiger partial charge on any atom is -0.507 e. The molecular weight excluding hydrogens is 198 g/mol. The van der Waals surface area contributed by atoms with Gasteiger partial charge in [0.05, 0.1) is 4.47 Å². The molecule has 0 aromatic heterocycles. The van der Waals surface area contributed by atoms with Crippen molar-refractivity contribution in [1.82, 2.24) is 0 Å². The second-order valence-corrected chi connectivity index (χ2v) is 2.91. The highest BCUT2D eigenvalue weighted by molar-refractivity contribution is 9.10. The molecular formula is C6H5BBrFO. The summed E-state index contributed by atoms with van der Waals surface area (Å²) in [5.74, 6) is -0.247. The van der Waals surface area contributed by atoms with Gasteiger partial charge in [-0.1, -0.05) is 0 Å². The number of benzene rings is 1. The Kier molecular flexibility index (Phi) is 1.99. The molecule has 0 radical (unpaired) electrons. The Morgan fingerprint density at radius 3 is 2.60 bits per heavy atom. The van der Waals surface area contributed by atoms with Crippen molar-refractivity contribution < 1.29 is 9.50 Å². The van der Waals surface area contributed by atoms with Gasteiger partial charge in [-0.05, 0) is 33.5 Å². The number of rotatable bonds is 0. The molecule has 0 saturated heterocycles. The molecule has 0 saturated carbocycles. The van der Waals surface area contributed by atoms with Crippen LogP contribution in [0.5, 0.6) is 5.75 Å². The molecule has 4 heteroatoms. The van der Waals surface area contributed by atoms with E-state index in [9.17, 15) is 4.39 Å². The largest absolute Gasteiger partial charge is 0.507 e. The van der Waals surface area contributed by atoms with Crippen LogP contribution < -0.4 is 5.46 Å². The van der Waals surface area contributed by atoms with Crippen LogP contribution in [-0.4, -0.2) is 13.0 Å². The fraction of sp³-hybridized carbons (Fsp3) is 0. The molecule has 0 heterocycles. The summed E-state index contributed by atoms with van der Waals surface area (Å²) in [5, 5.41) is 9.12. The molecule has 0 aliphatic rings. The Bertz CT molecular complexity index is 241. The molecule has 0 bridgehead atoms. The van der Waals surface area contributed by atoms with Crippen molar-refractivity contribution in [2.45, 2.75) is 0 Å². The van der Waals surface area contributed by atoms with Crippen molar-refractivity contribution in [3.63, 3.8) is 0 Å². The summed E-state index contributed by atoms with van der Waals surface area (Å²) < 4.78 is 12.9. The maximum absolute atomic E-state index is 12.5. The van der Waals surface area contributed by atoms with Crippen LogP contribution in [0, 0.1) is 5.82 Å². The lowest BCUT2D eigenvalue weighted by Crippen LogP contribution is -2.03. The van der Waals surface area contributed by atoms with Gasteiger partial charge in [0.25, 0.3) is 0 Å². The van der Waals surface area contributed by atoms with Crippen molar-refractivity contribution in [2.24, 2.45) is 0 Å². The minimum atomic E-state index is -0.345. The van der Waals surface area contributed by atoms with E-state index < -0.39 is 0 Å². The highest BCUT2D eigenvalue weighted by atomic mass is 79.9. The van der Waals surface area contributed by atoms with Crippen LogP contribution >= 0.6 is 15.9 Å².